The zero-order valence-corrected chi connectivity index (χ0v) is 11.5. The van der Waals surface area contributed by atoms with E-state index in [1.807, 2.05) is 6.07 Å². The molecule has 1 aromatic rings. The normalized spacial score (nSPS) is 36.6. The van der Waals surface area contributed by atoms with Crippen LogP contribution in [0.2, 0.25) is 0 Å². The standard InChI is InChI=1S/C17H23NO/c19-17-7-8-18(16-4-2-1-3-15(16)17)11-14-10-12-5-6-13(14)9-12/h1-4,12-14,17,19H,5-11H2. The van der Waals surface area contributed by atoms with Crippen molar-refractivity contribution in [1.82, 2.24) is 0 Å². The van der Waals surface area contributed by atoms with Gasteiger partial charge >= 0.3 is 0 Å². The van der Waals surface area contributed by atoms with Gasteiger partial charge in [-0.05, 0) is 49.5 Å². The molecule has 2 aliphatic carbocycles. The fraction of sp³-hybridized carbons (Fsp3) is 0.647. The summed E-state index contributed by atoms with van der Waals surface area (Å²) in [5.41, 5.74) is 2.42. The first-order valence-electron chi connectivity index (χ1n) is 7.83. The Morgan fingerprint density at radius 1 is 1.11 bits per heavy atom. The summed E-state index contributed by atoms with van der Waals surface area (Å²) in [5, 5.41) is 10.1. The molecule has 0 aromatic heterocycles. The Balaban J connectivity index is 1.55. The van der Waals surface area contributed by atoms with E-state index in [0.717, 1.165) is 36.3 Å². The number of benzene rings is 1. The molecule has 2 bridgehead atoms. The summed E-state index contributed by atoms with van der Waals surface area (Å²) >= 11 is 0. The van der Waals surface area contributed by atoms with Gasteiger partial charge in [-0.1, -0.05) is 24.6 Å². The highest BCUT2D eigenvalue weighted by atomic mass is 16.3. The third kappa shape index (κ3) is 1.97. The molecule has 19 heavy (non-hydrogen) atoms. The number of aliphatic hydroxyl groups excluding tert-OH is 1. The highest BCUT2D eigenvalue weighted by molar-refractivity contribution is 5.56. The molecule has 2 nitrogen and oxygen atoms in total. The zero-order chi connectivity index (χ0) is 12.8. The van der Waals surface area contributed by atoms with Crippen LogP contribution in [0.3, 0.4) is 0 Å². The van der Waals surface area contributed by atoms with Crippen LogP contribution < -0.4 is 4.90 Å². The average molecular weight is 257 g/mol. The molecule has 4 unspecified atom stereocenters. The van der Waals surface area contributed by atoms with Crippen LogP contribution in [0.15, 0.2) is 24.3 Å². The van der Waals surface area contributed by atoms with Crippen molar-refractivity contribution in [3.63, 3.8) is 0 Å². The van der Waals surface area contributed by atoms with Crippen molar-refractivity contribution in [3.8, 4) is 0 Å². The van der Waals surface area contributed by atoms with Gasteiger partial charge in [0.25, 0.3) is 0 Å². The molecule has 1 N–H and O–H groups in total. The maximum Gasteiger partial charge on any atom is 0.0826 e. The van der Waals surface area contributed by atoms with Gasteiger partial charge in [0.05, 0.1) is 6.10 Å². The van der Waals surface area contributed by atoms with Gasteiger partial charge in [-0.2, -0.15) is 0 Å². The molecular weight excluding hydrogens is 234 g/mol. The first-order valence-corrected chi connectivity index (χ1v) is 7.83. The van der Waals surface area contributed by atoms with Crippen LogP contribution in [-0.4, -0.2) is 18.2 Å². The Bertz CT molecular complexity index is 472. The molecule has 0 amide bonds. The lowest BCUT2D eigenvalue weighted by Gasteiger charge is -2.37. The maximum absolute atomic E-state index is 10.1. The van der Waals surface area contributed by atoms with E-state index >= 15 is 0 Å². The van der Waals surface area contributed by atoms with Gasteiger partial charge in [0.15, 0.2) is 0 Å². The van der Waals surface area contributed by atoms with Crippen LogP contribution in [0.25, 0.3) is 0 Å². The predicted molar refractivity (Wildman–Crippen MR) is 77.2 cm³/mol. The number of fused-ring (bicyclic) bond motifs is 3. The molecule has 0 saturated heterocycles. The summed E-state index contributed by atoms with van der Waals surface area (Å²) in [6.07, 6.45) is 6.52. The van der Waals surface area contributed by atoms with Crippen molar-refractivity contribution >= 4 is 5.69 Å². The molecule has 0 spiro atoms. The predicted octanol–water partition coefficient (Wildman–Crippen LogP) is 3.37. The lowest BCUT2D eigenvalue weighted by Crippen LogP contribution is -2.36. The number of hydrogen-bond acceptors (Lipinski definition) is 2. The molecule has 1 aliphatic heterocycles. The molecule has 1 heterocycles. The van der Waals surface area contributed by atoms with Crippen molar-refractivity contribution in [3.05, 3.63) is 29.8 Å². The van der Waals surface area contributed by atoms with Crippen molar-refractivity contribution in [2.75, 3.05) is 18.0 Å². The molecule has 2 heteroatoms. The van der Waals surface area contributed by atoms with E-state index in [2.05, 4.69) is 23.1 Å². The topological polar surface area (TPSA) is 23.5 Å². The van der Waals surface area contributed by atoms with Crippen LogP contribution in [0, 0.1) is 17.8 Å². The Labute approximate surface area is 115 Å². The van der Waals surface area contributed by atoms with Gasteiger partial charge in [-0.25, -0.2) is 0 Å². The number of hydrogen-bond donors (Lipinski definition) is 1. The van der Waals surface area contributed by atoms with E-state index < -0.39 is 0 Å². The second kappa shape index (κ2) is 4.52. The lowest BCUT2D eigenvalue weighted by molar-refractivity contribution is 0.162. The second-order valence-corrected chi connectivity index (χ2v) is 6.74. The molecule has 2 saturated carbocycles. The first-order chi connectivity index (χ1) is 9.31. The van der Waals surface area contributed by atoms with Gasteiger partial charge in [0.2, 0.25) is 0 Å². The minimum Gasteiger partial charge on any atom is -0.388 e. The van der Waals surface area contributed by atoms with Crippen molar-refractivity contribution in [1.29, 1.82) is 0 Å². The third-order valence-electron chi connectivity index (χ3n) is 5.65. The fourth-order valence-electron chi connectivity index (χ4n) is 4.68. The van der Waals surface area contributed by atoms with Gasteiger partial charge in [0.1, 0.15) is 0 Å². The summed E-state index contributed by atoms with van der Waals surface area (Å²) in [6, 6.07) is 8.42. The van der Waals surface area contributed by atoms with E-state index in [9.17, 15) is 5.11 Å². The van der Waals surface area contributed by atoms with E-state index in [-0.39, 0.29) is 6.10 Å². The van der Waals surface area contributed by atoms with Crippen LogP contribution in [0.5, 0.6) is 0 Å². The lowest BCUT2D eigenvalue weighted by atomic mass is 9.87. The zero-order valence-electron chi connectivity index (χ0n) is 11.5. The SMILES string of the molecule is OC1CCN(CC2CC3CCC2C3)c2ccccc21. The van der Waals surface area contributed by atoms with E-state index in [4.69, 9.17) is 0 Å². The minimum absolute atomic E-state index is 0.257. The number of para-hydroxylation sites is 1. The molecule has 4 atom stereocenters. The largest absolute Gasteiger partial charge is 0.388 e. The van der Waals surface area contributed by atoms with E-state index in [0.29, 0.717) is 0 Å². The molecular formula is C17H23NO. The Morgan fingerprint density at radius 3 is 2.79 bits per heavy atom. The van der Waals surface area contributed by atoms with Crippen LogP contribution in [0.4, 0.5) is 5.69 Å². The maximum atomic E-state index is 10.1. The molecule has 4 rings (SSSR count). The fourth-order valence-corrected chi connectivity index (χ4v) is 4.68. The van der Waals surface area contributed by atoms with Crippen LogP contribution in [0.1, 0.15) is 43.8 Å². The van der Waals surface area contributed by atoms with Gasteiger partial charge in [-0.3, -0.25) is 0 Å². The van der Waals surface area contributed by atoms with Crippen molar-refractivity contribution in [2.24, 2.45) is 17.8 Å². The summed E-state index contributed by atoms with van der Waals surface area (Å²) in [7, 11) is 0. The van der Waals surface area contributed by atoms with Gasteiger partial charge < -0.3 is 10.0 Å². The number of anilines is 1. The smallest absolute Gasteiger partial charge is 0.0826 e. The summed E-state index contributed by atoms with van der Waals surface area (Å²) in [6.45, 7) is 2.23. The van der Waals surface area contributed by atoms with Gasteiger partial charge in [-0.15, -0.1) is 0 Å². The Morgan fingerprint density at radius 2 is 2.00 bits per heavy atom. The minimum atomic E-state index is -0.257. The number of rotatable bonds is 2. The Kier molecular flexibility index (Phi) is 2.80. The average Bonchev–Trinajstić information content (AvgIpc) is 3.05. The van der Waals surface area contributed by atoms with Crippen LogP contribution in [-0.2, 0) is 0 Å². The number of aliphatic hydroxyl groups is 1. The number of nitrogens with zero attached hydrogens (tertiary/aromatic N) is 1. The summed E-state index contributed by atoms with van der Waals surface area (Å²) in [5.74, 6) is 2.92. The van der Waals surface area contributed by atoms with E-state index in [1.54, 1.807) is 0 Å². The molecule has 2 fully saturated rings. The summed E-state index contributed by atoms with van der Waals surface area (Å²) in [4.78, 5) is 2.54. The molecule has 102 valence electrons. The second-order valence-electron chi connectivity index (χ2n) is 6.74. The van der Waals surface area contributed by atoms with Crippen molar-refractivity contribution in [2.45, 2.75) is 38.2 Å². The highest BCUT2D eigenvalue weighted by Gasteiger charge is 2.40. The van der Waals surface area contributed by atoms with E-state index in [1.165, 1.54) is 37.9 Å². The monoisotopic (exact) mass is 257 g/mol. The Hall–Kier alpha value is -1.02. The van der Waals surface area contributed by atoms with Crippen molar-refractivity contribution < 1.29 is 5.11 Å². The first kappa shape index (κ1) is 11.8. The quantitative estimate of drug-likeness (QED) is 0.878. The highest BCUT2D eigenvalue weighted by Crippen LogP contribution is 2.49. The summed E-state index contributed by atoms with van der Waals surface area (Å²) < 4.78 is 0. The molecule has 1 aromatic carbocycles. The third-order valence-corrected chi connectivity index (χ3v) is 5.65. The molecule has 0 radical (unpaired) electrons. The van der Waals surface area contributed by atoms with Crippen LogP contribution >= 0.6 is 0 Å². The molecule has 3 aliphatic rings. The van der Waals surface area contributed by atoms with Gasteiger partial charge in [0, 0.05) is 24.3 Å².